The fourth-order valence-corrected chi connectivity index (χ4v) is 5.32. The highest BCUT2D eigenvalue weighted by atomic mass is 16.5. The lowest BCUT2D eigenvalue weighted by molar-refractivity contribution is -0.153. The fraction of sp³-hybridized carbons (Fsp3) is 0.483. The summed E-state index contributed by atoms with van der Waals surface area (Å²) >= 11 is 0. The van der Waals surface area contributed by atoms with Crippen molar-refractivity contribution >= 4 is 17.8 Å². The Morgan fingerprint density at radius 1 is 1.03 bits per heavy atom. The van der Waals surface area contributed by atoms with Crippen LogP contribution in [-0.2, 0) is 22.6 Å². The van der Waals surface area contributed by atoms with Crippen LogP contribution in [0.4, 0.5) is 4.79 Å². The number of rotatable bonds is 9. The largest absolute Gasteiger partial charge is 0.508 e. The van der Waals surface area contributed by atoms with Gasteiger partial charge in [0, 0.05) is 19.5 Å². The van der Waals surface area contributed by atoms with Crippen LogP contribution in [0.3, 0.4) is 0 Å². The van der Waals surface area contributed by atoms with Crippen LogP contribution in [0.25, 0.3) is 0 Å². The van der Waals surface area contributed by atoms with Crippen LogP contribution in [0.2, 0.25) is 0 Å². The maximum atomic E-state index is 13.6. The average Bonchev–Trinajstić information content (AvgIpc) is 2.96. The summed E-state index contributed by atoms with van der Waals surface area (Å²) in [6.07, 6.45) is 5.30. The molecule has 1 heterocycles. The van der Waals surface area contributed by atoms with Gasteiger partial charge in [-0.25, -0.2) is 15.2 Å². The predicted molar refractivity (Wildman–Crippen MR) is 147 cm³/mol. The van der Waals surface area contributed by atoms with Gasteiger partial charge < -0.3 is 25.4 Å². The molecule has 2 aliphatic rings. The summed E-state index contributed by atoms with van der Waals surface area (Å²) in [5, 5.41) is 17.0. The van der Waals surface area contributed by atoms with Gasteiger partial charge in [0.25, 0.3) is 0 Å². The number of urea groups is 1. The van der Waals surface area contributed by atoms with Gasteiger partial charge in [-0.2, -0.15) is 0 Å². The van der Waals surface area contributed by atoms with Gasteiger partial charge in [-0.1, -0.05) is 43.5 Å². The summed E-state index contributed by atoms with van der Waals surface area (Å²) in [4.78, 5) is 41.4. The molecular weight excluding hydrogens is 498 g/mol. The number of hydrogen-bond donors (Lipinski definition) is 4. The number of methoxy groups -OCH3 is 1. The van der Waals surface area contributed by atoms with E-state index in [2.05, 4.69) is 16.1 Å². The van der Waals surface area contributed by atoms with Crippen molar-refractivity contribution in [3.05, 3.63) is 59.7 Å². The second-order valence-corrected chi connectivity index (χ2v) is 10.3. The van der Waals surface area contributed by atoms with E-state index in [1.165, 1.54) is 29.2 Å². The topological polar surface area (TPSA) is 123 Å². The monoisotopic (exact) mass is 537 g/mol. The Bertz CT molecular complexity index is 1120. The van der Waals surface area contributed by atoms with E-state index >= 15 is 0 Å². The molecule has 2 aromatic rings. The van der Waals surface area contributed by atoms with Gasteiger partial charge in [0.2, 0.25) is 11.8 Å². The Morgan fingerprint density at radius 2 is 1.69 bits per heavy atom. The normalized spacial score (nSPS) is 18.9. The molecule has 0 radical (unpaired) electrons. The third kappa shape index (κ3) is 7.41. The maximum Gasteiger partial charge on any atom is 0.333 e. The Morgan fingerprint density at radius 3 is 2.36 bits per heavy atom. The summed E-state index contributed by atoms with van der Waals surface area (Å²) in [6, 6.07) is 12.8. The van der Waals surface area contributed by atoms with Gasteiger partial charge in [-0.3, -0.25) is 9.59 Å². The number of nitrogens with one attached hydrogen (secondary N) is 3. The van der Waals surface area contributed by atoms with Crippen molar-refractivity contribution in [2.75, 3.05) is 20.2 Å². The molecule has 1 aliphatic carbocycles. The molecular formula is C29H39N5O5. The van der Waals surface area contributed by atoms with Crippen LogP contribution in [0, 0.1) is 5.92 Å². The molecule has 1 unspecified atom stereocenters. The highest BCUT2D eigenvalue weighted by Crippen LogP contribution is 2.24. The zero-order valence-corrected chi connectivity index (χ0v) is 22.7. The Hall–Kier alpha value is -3.79. The lowest BCUT2D eigenvalue weighted by Crippen LogP contribution is -2.69. The number of hydrazine groups is 1. The van der Waals surface area contributed by atoms with Gasteiger partial charge in [0.15, 0.2) is 0 Å². The van der Waals surface area contributed by atoms with Gasteiger partial charge in [-0.15, -0.1) is 0 Å². The van der Waals surface area contributed by atoms with E-state index in [9.17, 15) is 19.5 Å². The highest BCUT2D eigenvalue weighted by molar-refractivity contribution is 5.90. The second kappa shape index (κ2) is 13.3. The number of amides is 4. The quantitative estimate of drug-likeness (QED) is 0.390. The maximum absolute atomic E-state index is 13.6. The third-order valence-electron chi connectivity index (χ3n) is 7.58. The van der Waals surface area contributed by atoms with Crippen LogP contribution in [-0.4, -0.2) is 65.3 Å². The summed E-state index contributed by atoms with van der Waals surface area (Å²) in [7, 11) is 1.60. The predicted octanol–water partition coefficient (Wildman–Crippen LogP) is 2.91. The molecule has 0 spiro atoms. The Kier molecular flexibility index (Phi) is 9.64. The summed E-state index contributed by atoms with van der Waals surface area (Å²) in [6.45, 7) is 2.49. The molecule has 1 saturated carbocycles. The van der Waals surface area contributed by atoms with E-state index < -0.39 is 18.2 Å². The molecule has 4 rings (SSSR count). The number of ether oxygens (including phenoxy) is 1. The Labute approximate surface area is 229 Å². The minimum atomic E-state index is -0.820. The number of carbonyl (C=O) groups is 3. The number of hydrogen-bond acceptors (Lipinski definition) is 6. The lowest BCUT2D eigenvalue weighted by Gasteiger charge is -2.45. The number of aromatic hydroxyl groups is 1. The number of phenolic OH excluding ortho intramolecular Hbond substituents is 1. The number of benzene rings is 2. The van der Waals surface area contributed by atoms with Crippen LogP contribution >= 0.6 is 0 Å². The molecule has 4 N–H and O–H groups in total. The van der Waals surface area contributed by atoms with Gasteiger partial charge in [0.05, 0.1) is 13.7 Å². The standard InChI is InChI=1S/C29H39N5O5/c1-20-33(27(36)19-32-34(20)29(38)31-18-23-10-14-25(39-2)15-11-23)26(16-21-8-12-24(35)13-9-21)28(37)30-17-22-6-4-3-5-7-22/h8-15,20,22,26,32,35H,3-7,16-19H2,1-2H3,(H,30,37)(H,31,38)/t20-,26?/m0/s1. The van der Waals surface area contributed by atoms with E-state index in [-0.39, 0.29) is 30.5 Å². The van der Waals surface area contributed by atoms with Crippen LogP contribution in [0.1, 0.15) is 50.2 Å². The molecule has 1 aliphatic heterocycles. The number of nitrogens with zero attached hydrogens (tertiary/aromatic N) is 2. The minimum absolute atomic E-state index is 0.109. The summed E-state index contributed by atoms with van der Waals surface area (Å²) in [5.74, 6) is 0.788. The third-order valence-corrected chi connectivity index (χ3v) is 7.58. The van der Waals surface area contributed by atoms with Crippen molar-refractivity contribution in [3.8, 4) is 11.5 Å². The van der Waals surface area contributed by atoms with Crippen molar-refractivity contribution in [1.82, 2.24) is 26.0 Å². The first-order valence-electron chi connectivity index (χ1n) is 13.7. The van der Waals surface area contributed by atoms with E-state index in [1.807, 2.05) is 24.3 Å². The van der Waals surface area contributed by atoms with Crippen molar-refractivity contribution in [3.63, 3.8) is 0 Å². The zero-order chi connectivity index (χ0) is 27.8. The molecule has 0 aromatic heterocycles. The lowest BCUT2D eigenvalue weighted by atomic mass is 9.89. The molecule has 2 atom stereocenters. The molecule has 2 fully saturated rings. The first-order valence-corrected chi connectivity index (χ1v) is 13.7. The highest BCUT2D eigenvalue weighted by Gasteiger charge is 2.41. The van der Waals surface area contributed by atoms with Crippen LogP contribution in [0.15, 0.2) is 48.5 Å². The van der Waals surface area contributed by atoms with Gasteiger partial charge in [-0.05, 0) is 61.1 Å². The van der Waals surface area contributed by atoms with E-state index in [0.717, 1.165) is 29.7 Å². The second-order valence-electron chi connectivity index (χ2n) is 10.3. The summed E-state index contributed by atoms with van der Waals surface area (Å²) < 4.78 is 5.18. The van der Waals surface area contributed by atoms with Crippen LogP contribution in [0.5, 0.6) is 11.5 Å². The van der Waals surface area contributed by atoms with Crippen molar-refractivity contribution < 1.29 is 24.2 Å². The first kappa shape index (κ1) is 28.2. The zero-order valence-electron chi connectivity index (χ0n) is 22.7. The van der Waals surface area contributed by atoms with Crippen molar-refractivity contribution in [2.45, 2.75) is 64.2 Å². The molecule has 2 aromatic carbocycles. The molecule has 10 nitrogen and oxygen atoms in total. The van der Waals surface area contributed by atoms with Crippen molar-refractivity contribution in [2.24, 2.45) is 5.92 Å². The SMILES string of the molecule is COc1ccc(CNC(=O)N2NCC(=O)N(C(Cc3ccc(O)cc3)C(=O)NCC3CCCCC3)[C@@H]2C)cc1. The van der Waals surface area contributed by atoms with Crippen molar-refractivity contribution in [1.29, 1.82) is 0 Å². The van der Waals surface area contributed by atoms with Gasteiger partial charge >= 0.3 is 6.03 Å². The molecule has 4 amide bonds. The Balaban J connectivity index is 1.47. The molecule has 10 heteroatoms. The molecule has 210 valence electrons. The smallest absolute Gasteiger partial charge is 0.333 e. The van der Waals surface area contributed by atoms with E-state index in [1.54, 1.807) is 38.3 Å². The minimum Gasteiger partial charge on any atom is -0.508 e. The van der Waals surface area contributed by atoms with Crippen LogP contribution < -0.4 is 20.8 Å². The van der Waals surface area contributed by atoms with E-state index in [4.69, 9.17) is 4.74 Å². The number of phenols is 1. The average molecular weight is 538 g/mol. The molecule has 0 bridgehead atoms. The van der Waals surface area contributed by atoms with E-state index in [0.29, 0.717) is 19.0 Å². The molecule has 1 saturated heterocycles. The molecule has 39 heavy (non-hydrogen) atoms. The summed E-state index contributed by atoms with van der Waals surface area (Å²) in [5.41, 5.74) is 4.60. The number of carbonyl (C=O) groups excluding carboxylic acids is 3. The first-order chi connectivity index (χ1) is 18.9. The fourth-order valence-electron chi connectivity index (χ4n) is 5.32. The van der Waals surface area contributed by atoms with Gasteiger partial charge in [0.1, 0.15) is 23.7 Å².